The number of halogens is 1. The van der Waals surface area contributed by atoms with Crippen molar-refractivity contribution in [1.82, 2.24) is 4.90 Å². The summed E-state index contributed by atoms with van der Waals surface area (Å²) in [6.07, 6.45) is 0.733. The van der Waals surface area contributed by atoms with Gasteiger partial charge in [0.25, 0.3) is 5.91 Å². The van der Waals surface area contributed by atoms with E-state index in [4.69, 9.17) is 5.73 Å². The molecular weight excluding hydrogens is 219 g/mol. The number of hydrogen-bond acceptors (Lipinski definition) is 2. The van der Waals surface area contributed by atoms with Crippen molar-refractivity contribution in [3.05, 3.63) is 35.1 Å². The fourth-order valence-corrected chi connectivity index (χ4v) is 1.56. The van der Waals surface area contributed by atoms with E-state index in [2.05, 4.69) is 0 Å². The molecule has 0 radical (unpaired) electrons. The lowest BCUT2D eigenvalue weighted by Crippen LogP contribution is -2.36. The topological polar surface area (TPSA) is 46.3 Å². The summed E-state index contributed by atoms with van der Waals surface area (Å²) in [5.74, 6) is -0.527. The molecule has 1 unspecified atom stereocenters. The molecule has 1 aromatic rings. The zero-order valence-corrected chi connectivity index (χ0v) is 10.5. The Labute approximate surface area is 101 Å². The molecular formula is C13H19FN2O. The summed E-state index contributed by atoms with van der Waals surface area (Å²) in [6.45, 7) is 4.13. The highest BCUT2D eigenvalue weighted by Crippen LogP contribution is 2.13. The third-order valence-electron chi connectivity index (χ3n) is 2.98. The lowest BCUT2D eigenvalue weighted by molar-refractivity contribution is 0.0738. The minimum Gasteiger partial charge on any atom is -0.339 e. The largest absolute Gasteiger partial charge is 0.339 e. The van der Waals surface area contributed by atoms with Crippen LogP contribution < -0.4 is 5.73 Å². The van der Waals surface area contributed by atoms with Crippen molar-refractivity contribution in [1.29, 1.82) is 0 Å². The SMILES string of the molecule is Cc1ccc(C(=O)N(C)C(C)CCN)cc1F. The van der Waals surface area contributed by atoms with Crippen LogP contribution in [0.3, 0.4) is 0 Å². The van der Waals surface area contributed by atoms with Crippen LogP contribution in [0.2, 0.25) is 0 Å². The van der Waals surface area contributed by atoms with Crippen LogP contribution in [0.5, 0.6) is 0 Å². The molecule has 0 saturated heterocycles. The molecule has 94 valence electrons. The predicted octanol–water partition coefficient (Wildman–Crippen LogP) is 1.94. The van der Waals surface area contributed by atoms with Crippen LogP contribution in [0.25, 0.3) is 0 Å². The van der Waals surface area contributed by atoms with Gasteiger partial charge in [-0.15, -0.1) is 0 Å². The second-order valence-corrected chi connectivity index (χ2v) is 4.31. The van der Waals surface area contributed by atoms with Crippen LogP contribution in [0, 0.1) is 12.7 Å². The van der Waals surface area contributed by atoms with Gasteiger partial charge in [0.15, 0.2) is 0 Å². The Bertz CT molecular complexity index is 406. The van der Waals surface area contributed by atoms with Crippen LogP contribution in [-0.4, -0.2) is 30.4 Å². The molecule has 0 bridgehead atoms. The maximum atomic E-state index is 13.4. The molecule has 1 rings (SSSR count). The lowest BCUT2D eigenvalue weighted by Gasteiger charge is -2.24. The summed E-state index contributed by atoms with van der Waals surface area (Å²) >= 11 is 0. The van der Waals surface area contributed by atoms with E-state index in [0.717, 1.165) is 6.42 Å². The molecule has 1 aromatic carbocycles. The molecule has 0 aliphatic rings. The van der Waals surface area contributed by atoms with E-state index < -0.39 is 0 Å². The van der Waals surface area contributed by atoms with E-state index in [0.29, 0.717) is 17.7 Å². The second-order valence-electron chi connectivity index (χ2n) is 4.31. The van der Waals surface area contributed by atoms with E-state index in [1.165, 1.54) is 6.07 Å². The highest BCUT2D eigenvalue weighted by atomic mass is 19.1. The molecule has 1 atom stereocenters. The number of benzene rings is 1. The van der Waals surface area contributed by atoms with Gasteiger partial charge in [0.2, 0.25) is 0 Å². The van der Waals surface area contributed by atoms with Gasteiger partial charge < -0.3 is 10.6 Å². The first-order valence-electron chi connectivity index (χ1n) is 5.70. The van der Waals surface area contributed by atoms with E-state index in [1.807, 2.05) is 6.92 Å². The summed E-state index contributed by atoms with van der Waals surface area (Å²) in [5.41, 5.74) is 6.37. The van der Waals surface area contributed by atoms with Gasteiger partial charge >= 0.3 is 0 Å². The van der Waals surface area contributed by atoms with Crippen molar-refractivity contribution >= 4 is 5.91 Å². The number of nitrogens with two attached hydrogens (primary N) is 1. The Kier molecular flexibility index (Phi) is 4.63. The maximum absolute atomic E-state index is 13.4. The van der Waals surface area contributed by atoms with E-state index >= 15 is 0 Å². The molecule has 2 N–H and O–H groups in total. The van der Waals surface area contributed by atoms with Crippen LogP contribution in [0.1, 0.15) is 29.3 Å². The number of carbonyl (C=O) groups excluding carboxylic acids is 1. The Morgan fingerprint density at radius 2 is 2.18 bits per heavy atom. The van der Waals surface area contributed by atoms with Gasteiger partial charge in [-0.3, -0.25) is 4.79 Å². The summed E-state index contributed by atoms with van der Waals surface area (Å²) < 4.78 is 13.4. The van der Waals surface area contributed by atoms with Crippen molar-refractivity contribution in [2.24, 2.45) is 5.73 Å². The van der Waals surface area contributed by atoms with E-state index in [1.54, 1.807) is 31.0 Å². The molecule has 17 heavy (non-hydrogen) atoms. The third-order valence-corrected chi connectivity index (χ3v) is 2.98. The van der Waals surface area contributed by atoms with Crippen molar-refractivity contribution < 1.29 is 9.18 Å². The quantitative estimate of drug-likeness (QED) is 0.871. The van der Waals surface area contributed by atoms with Gasteiger partial charge in [0, 0.05) is 18.7 Å². The Morgan fingerprint density at radius 1 is 1.53 bits per heavy atom. The first kappa shape index (κ1) is 13.6. The highest BCUT2D eigenvalue weighted by molar-refractivity contribution is 5.94. The van der Waals surface area contributed by atoms with Crippen molar-refractivity contribution in [2.45, 2.75) is 26.3 Å². The van der Waals surface area contributed by atoms with Gasteiger partial charge in [-0.25, -0.2) is 4.39 Å². The summed E-state index contributed by atoms with van der Waals surface area (Å²) in [5, 5.41) is 0. The first-order valence-corrected chi connectivity index (χ1v) is 5.70. The average Bonchev–Trinajstić information content (AvgIpc) is 2.31. The summed E-state index contributed by atoms with van der Waals surface area (Å²) in [7, 11) is 1.71. The van der Waals surface area contributed by atoms with Gasteiger partial charge in [-0.2, -0.15) is 0 Å². The summed E-state index contributed by atoms with van der Waals surface area (Å²) in [4.78, 5) is 13.6. The fourth-order valence-electron chi connectivity index (χ4n) is 1.56. The lowest BCUT2D eigenvalue weighted by atomic mass is 10.1. The minimum atomic E-state index is -0.351. The maximum Gasteiger partial charge on any atom is 0.253 e. The number of amides is 1. The molecule has 3 nitrogen and oxygen atoms in total. The molecule has 0 aromatic heterocycles. The molecule has 4 heteroatoms. The van der Waals surface area contributed by atoms with E-state index in [9.17, 15) is 9.18 Å². The van der Waals surface area contributed by atoms with Crippen molar-refractivity contribution in [2.75, 3.05) is 13.6 Å². The number of hydrogen-bond donors (Lipinski definition) is 1. The average molecular weight is 238 g/mol. The monoisotopic (exact) mass is 238 g/mol. The van der Waals surface area contributed by atoms with Crippen LogP contribution in [0.15, 0.2) is 18.2 Å². The molecule has 0 spiro atoms. The first-order chi connectivity index (χ1) is 7.97. The third kappa shape index (κ3) is 3.27. The normalized spacial score (nSPS) is 12.3. The van der Waals surface area contributed by atoms with Gasteiger partial charge in [0.05, 0.1) is 0 Å². The number of carbonyl (C=O) groups is 1. The zero-order chi connectivity index (χ0) is 13.0. The van der Waals surface area contributed by atoms with Crippen molar-refractivity contribution in [3.8, 4) is 0 Å². The number of nitrogens with zero attached hydrogens (tertiary/aromatic N) is 1. The van der Waals surface area contributed by atoms with Crippen LogP contribution >= 0.6 is 0 Å². The zero-order valence-electron chi connectivity index (χ0n) is 10.5. The molecule has 1 amide bonds. The highest BCUT2D eigenvalue weighted by Gasteiger charge is 2.17. The van der Waals surface area contributed by atoms with Gasteiger partial charge in [0.1, 0.15) is 5.82 Å². The molecule has 0 aliphatic carbocycles. The molecule has 0 aliphatic heterocycles. The van der Waals surface area contributed by atoms with Gasteiger partial charge in [-0.1, -0.05) is 6.07 Å². The molecule has 0 fully saturated rings. The van der Waals surface area contributed by atoms with Crippen LogP contribution in [0.4, 0.5) is 4.39 Å². The number of rotatable bonds is 4. The Morgan fingerprint density at radius 3 is 2.71 bits per heavy atom. The van der Waals surface area contributed by atoms with E-state index in [-0.39, 0.29) is 17.8 Å². The standard InChI is InChI=1S/C13H19FN2O/c1-9-4-5-11(8-12(9)14)13(17)16(3)10(2)6-7-15/h4-5,8,10H,6-7,15H2,1-3H3. The minimum absolute atomic E-state index is 0.0527. The Hall–Kier alpha value is -1.42. The predicted molar refractivity (Wildman–Crippen MR) is 66.4 cm³/mol. The number of aryl methyl sites for hydroxylation is 1. The van der Waals surface area contributed by atoms with Crippen molar-refractivity contribution in [3.63, 3.8) is 0 Å². The van der Waals surface area contributed by atoms with Crippen LogP contribution in [-0.2, 0) is 0 Å². The van der Waals surface area contributed by atoms with Gasteiger partial charge in [-0.05, 0) is 44.5 Å². The second kappa shape index (κ2) is 5.77. The summed E-state index contributed by atoms with van der Waals surface area (Å²) in [6, 6.07) is 4.59. The molecule has 0 heterocycles. The molecule has 0 saturated carbocycles. The fraction of sp³-hybridized carbons (Fsp3) is 0.462. The smallest absolute Gasteiger partial charge is 0.253 e. The Balaban J connectivity index is 2.85.